The van der Waals surface area contributed by atoms with Gasteiger partial charge in [-0.2, -0.15) is 0 Å². The molecule has 0 unspecified atom stereocenters. The van der Waals surface area contributed by atoms with Gasteiger partial charge in [-0.1, -0.05) is 54.6 Å². The lowest BCUT2D eigenvalue weighted by molar-refractivity contribution is 1.29. The Labute approximate surface area is 121 Å². The van der Waals surface area contributed by atoms with Gasteiger partial charge < -0.3 is 0 Å². The van der Waals surface area contributed by atoms with E-state index in [2.05, 4.69) is 60.7 Å². The van der Waals surface area contributed by atoms with Crippen LogP contribution in [0.3, 0.4) is 0 Å². The van der Waals surface area contributed by atoms with Crippen LogP contribution in [0.25, 0.3) is 31.3 Å². The van der Waals surface area contributed by atoms with Crippen molar-refractivity contribution in [3.05, 3.63) is 71.8 Å². The summed E-state index contributed by atoms with van der Waals surface area (Å²) >= 11 is 1.94. The molecule has 0 saturated carbocycles. The maximum absolute atomic E-state index is 2.31. The minimum absolute atomic E-state index is 1.08. The van der Waals surface area contributed by atoms with Crippen LogP contribution in [0.1, 0.15) is 11.1 Å². The largest absolute Gasteiger partial charge is 0.135 e. The Morgan fingerprint density at radius 3 is 2.55 bits per heavy atom. The minimum atomic E-state index is 1.08. The molecule has 0 atom stereocenters. The summed E-state index contributed by atoms with van der Waals surface area (Å²) in [4.78, 5) is 0. The number of rotatable bonds is 0. The number of hydrogen-bond donors (Lipinski definition) is 0. The van der Waals surface area contributed by atoms with E-state index in [9.17, 15) is 0 Å². The van der Waals surface area contributed by atoms with E-state index < -0.39 is 0 Å². The summed E-state index contributed by atoms with van der Waals surface area (Å²) in [6, 6.07) is 22.1. The summed E-state index contributed by atoms with van der Waals surface area (Å²) in [5, 5.41) is 2.81. The van der Waals surface area contributed by atoms with Gasteiger partial charge in [0.2, 0.25) is 0 Å². The molecule has 5 rings (SSSR count). The van der Waals surface area contributed by atoms with Gasteiger partial charge in [-0.15, -0.1) is 11.3 Å². The third-order valence-corrected chi connectivity index (χ3v) is 5.57. The predicted molar refractivity (Wildman–Crippen MR) is 87.6 cm³/mol. The zero-order chi connectivity index (χ0) is 13.1. The lowest BCUT2D eigenvalue weighted by Gasteiger charge is -2.01. The van der Waals surface area contributed by atoms with Crippen LogP contribution in [-0.4, -0.2) is 0 Å². The molecule has 0 aliphatic heterocycles. The van der Waals surface area contributed by atoms with Gasteiger partial charge >= 0.3 is 0 Å². The van der Waals surface area contributed by atoms with Crippen LogP contribution in [-0.2, 0) is 6.42 Å². The average Bonchev–Trinajstić information content (AvgIpc) is 3.05. The first-order valence-corrected chi connectivity index (χ1v) is 7.75. The van der Waals surface area contributed by atoms with Gasteiger partial charge in [0.25, 0.3) is 0 Å². The van der Waals surface area contributed by atoms with Crippen molar-refractivity contribution in [3.8, 4) is 11.1 Å². The van der Waals surface area contributed by atoms with E-state index in [-0.39, 0.29) is 0 Å². The Hall–Kier alpha value is -2.12. The summed E-state index contributed by atoms with van der Waals surface area (Å²) in [5.74, 6) is 0. The Morgan fingerprint density at radius 1 is 0.700 bits per heavy atom. The van der Waals surface area contributed by atoms with Crippen molar-refractivity contribution in [1.29, 1.82) is 0 Å². The Balaban J connectivity index is 1.93. The monoisotopic (exact) mass is 272 g/mol. The van der Waals surface area contributed by atoms with Crippen LogP contribution in [0.4, 0.5) is 0 Å². The smallest absolute Gasteiger partial charge is 0.0396 e. The summed E-state index contributed by atoms with van der Waals surface area (Å²) < 4.78 is 2.87. The summed E-state index contributed by atoms with van der Waals surface area (Å²) in [5.41, 5.74) is 5.83. The topological polar surface area (TPSA) is 0 Å². The molecule has 0 radical (unpaired) electrons. The fourth-order valence-electron chi connectivity index (χ4n) is 3.40. The number of fused-ring (bicyclic) bond motifs is 7. The highest BCUT2D eigenvalue weighted by molar-refractivity contribution is 7.26. The van der Waals surface area contributed by atoms with Crippen molar-refractivity contribution >= 4 is 31.5 Å². The van der Waals surface area contributed by atoms with E-state index in [1.165, 1.54) is 42.4 Å². The Kier molecular flexibility index (Phi) is 1.97. The maximum Gasteiger partial charge on any atom is 0.0396 e. The first-order chi connectivity index (χ1) is 9.92. The highest BCUT2D eigenvalue weighted by atomic mass is 32.1. The summed E-state index contributed by atoms with van der Waals surface area (Å²) in [6.07, 6.45) is 1.08. The van der Waals surface area contributed by atoms with Crippen molar-refractivity contribution in [1.82, 2.24) is 0 Å². The number of hydrogen-bond acceptors (Lipinski definition) is 1. The van der Waals surface area contributed by atoms with Crippen LogP contribution < -0.4 is 0 Å². The zero-order valence-corrected chi connectivity index (χ0v) is 11.7. The second kappa shape index (κ2) is 3.71. The molecule has 1 heterocycles. The number of thiophene rings is 1. The Bertz CT molecular complexity index is 976. The fourth-order valence-corrected chi connectivity index (χ4v) is 4.65. The van der Waals surface area contributed by atoms with Crippen LogP contribution in [0.2, 0.25) is 0 Å². The van der Waals surface area contributed by atoms with E-state index in [0.29, 0.717) is 0 Å². The summed E-state index contributed by atoms with van der Waals surface area (Å²) in [7, 11) is 0. The van der Waals surface area contributed by atoms with Crippen molar-refractivity contribution < 1.29 is 0 Å². The van der Waals surface area contributed by atoms with Gasteiger partial charge in [0, 0.05) is 26.6 Å². The molecule has 1 aromatic heterocycles. The molecule has 0 spiro atoms. The minimum Gasteiger partial charge on any atom is -0.135 e. The van der Waals surface area contributed by atoms with Gasteiger partial charge in [-0.25, -0.2) is 0 Å². The van der Waals surface area contributed by atoms with Crippen molar-refractivity contribution in [2.24, 2.45) is 0 Å². The molecule has 4 aromatic rings. The van der Waals surface area contributed by atoms with Crippen molar-refractivity contribution in [2.45, 2.75) is 6.42 Å². The maximum atomic E-state index is 2.31. The Morgan fingerprint density at radius 2 is 1.55 bits per heavy atom. The van der Waals surface area contributed by atoms with E-state index in [4.69, 9.17) is 0 Å². The van der Waals surface area contributed by atoms with Crippen LogP contribution >= 0.6 is 11.3 Å². The second-order valence-corrected chi connectivity index (χ2v) is 6.45. The third kappa shape index (κ3) is 1.26. The van der Waals surface area contributed by atoms with Gasteiger partial charge in [0.15, 0.2) is 0 Å². The van der Waals surface area contributed by atoms with E-state index in [0.717, 1.165) is 6.42 Å². The van der Waals surface area contributed by atoms with Gasteiger partial charge in [0.1, 0.15) is 0 Å². The fraction of sp³-hybridized carbons (Fsp3) is 0.0526. The molecule has 0 bridgehead atoms. The predicted octanol–water partition coefficient (Wildman–Crippen LogP) is 5.63. The molecular formula is C19H12S. The molecule has 20 heavy (non-hydrogen) atoms. The van der Waals surface area contributed by atoms with Crippen LogP contribution in [0.5, 0.6) is 0 Å². The molecule has 1 aliphatic rings. The molecule has 0 amide bonds. The van der Waals surface area contributed by atoms with E-state index in [1.807, 2.05) is 11.3 Å². The van der Waals surface area contributed by atoms with Crippen LogP contribution in [0.15, 0.2) is 60.7 Å². The first kappa shape index (κ1) is 10.6. The van der Waals surface area contributed by atoms with Crippen LogP contribution in [0, 0.1) is 0 Å². The molecular weight excluding hydrogens is 260 g/mol. The van der Waals surface area contributed by atoms with Gasteiger partial charge in [-0.05, 0) is 28.3 Å². The quantitative estimate of drug-likeness (QED) is 0.343. The molecule has 94 valence electrons. The van der Waals surface area contributed by atoms with E-state index >= 15 is 0 Å². The lowest BCUT2D eigenvalue weighted by Crippen LogP contribution is -1.79. The number of benzene rings is 3. The van der Waals surface area contributed by atoms with Crippen molar-refractivity contribution in [2.75, 3.05) is 0 Å². The molecule has 0 nitrogen and oxygen atoms in total. The third-order valence-electron chi connectivity index (χ3n) is 4.32. The molecule has 0 fully saturated rings. The zero-order valence-electron chi connectivity index (χ0n) is 10.9. The highest BCUT2D eigenvalue weighted by Gasteiger charge is 2.21. The molecule has 1 aliphatic carbocycles. The van der Waals surface area contributed by atoms with Gasteiger partial charge in [-0.3, -0.25) is 0 Å². The lowest BCUT2D eigenvalue weighted by atomic mass is 10.0. The van der Waals surface area contributed by atoms with Gasteiger partial charge in [0.05, 0.1) is 0 Å². The molecule has 0 saturated heterocycles. The molecule has 0 N–H and O–H groups in total. The summed E-state index contributed by atoms with van der Waals surface area (Å²) in [6.45, 7) is 0. The van der Waals surface area contributed by atoms with Crippen molar-refractivity contribution in [3.63, 3.8) is 0 Å². The molecule has 1 heteroatoms. The SMILES string of the molecule is c1ccc2c(c1)Cc1c-2ccc2c1sc1ccccc12. The molecule has 3 aromatic carbocycles. The average molecular weight is 272 g/mol. The second-order valence-electron chi connectivity index (χ2n) is 5.40. The first-order valence-electron chi connectivity index (χ1n) is 6.93. The normalized spacial score (nSPS) is 12.8. The van der Waals surface area contributed by atoms with E-state index in [1.54, 1.807) is 0 Å². The standard InChI is InChI=1S/C19H12S/c1-2-6-13-12(5-1)11-17-14(13)9-10-16-15-7-3-4-8-18(15)20-19(16)17/h1-10H,11H2. The highest BCUT2D eigenvalue weighted by Crippen LogP contribution is 2.45.